The van der Waals surface area contributed by atoms with Gasteiger partial charge in [-0.05, 0) is 42.5 Å². The molecule has 0 spiro atoms. The van der Waals surface area contributed by atoms with Gasteiger partial charge in [0.1, 0.15) is 12.1 Å². The van der Waals surface area contributed by atoms with Crippen LogP contribution < -0.4 is 21.3 Å². The molecule has 5 N–H and O–H groups in total. The quantitative estimate of drug-likeness (QED) is 0.198. The maximum Gasteiger partial charge on any atom is 0.349 e. The van der Waals surface area contributed by atoms with E-state index in [1.165, 1.54) is 6.34 Å². The standard InChI is InChI=1S/C22H20N4O4/c23-25-14-24-18-8-4-7-16(13-18)21(27)26-17-9-11-19(12-10-17)30-20(22(28)29)15-5-2-1-3-6-15/h1-14,20H,23H2,(H,24,25)(H,26,27)(H,28,29). The van der Waals surface area contributed by atoms with Crippen LogP contribution in [0.5, 0.6) is 5.75 Å². The van der Waals surface area contributed by atoms with Gasteiger partial charge < -0.3 is 20.6 Å². The Morgan fingerprint density at radius 1 is 1.00 bits per heavy atom. The highest BCUT2D eigenvalue weighted by Crippen LogP contribution is 2.24. The second-order valence-corrected chi connectivity index (χ2v) is 6.20. The minimum Gasteiger partial charge on any atom is -0.478 e. The average Bonchev–Trinajstić information content (AvgIpc) is 2.77. The molecule has 1 atom stereocenters. The van der Waals surface area contributed by atoms with E-state index in [-0.39, 0.29) is 5.91 Å². The van der Waals surface area contributed by atoms with E-state index in [0.29, 0.717) is 28.3 Å². The van der Waals surface area contributed by atoms with Crippen LogP contribution in [0.3, 0.4) is 0 Å². The molecule has 152 valence electrons. The summed E-state index contributed by atoms with van der Waals surface area (Å²) < 4.78 is 5.62. The number of anilines is 1. The van der Waals surface area contributed by atoms with E-state index in [1.54, 1.807) is 78.9 Å². The van der Waals surface area contributed by atoms with Gasteiger partial charge in [-0.25, -0.2) is 15.6 Å². The highest BCUT2D eigenvalue weighted by atomic mass is 16.5. The van der Waals surface area contributed by atoms with E-state index >= 15 is 0 Å². The van der Waals surface area contributed by atoms with Crippen molar-refractivity contribution in [3.05, 3.63) is 90.0 Å². The Bertz CT molecular complexity index is 1040. The first-order valence-corrected chi connectivity index (χ1v) is 9.01. The first-order valence-electron chi connectivity index (χ1n) is 9.01. The van der Waals surface area contributed by atoms with Crippen molar-refractivity contribution in [2.75, 3.05) is 5.32 Å². The van der Waals surface area contributed by atoms with Crippen molar-refractivity contribution >= 4 is 29.6 Å². The molecule has 3 aromatic carbocycles. The summed E-state index contributed by atoms with van der Waals surface area (Å²) in [6.07, 6.45) is 0.188. The third-order valence-corrected chi connectivity index (χ3v) is 4.09. The van der Waals surface area contributed by atoms with Gasteiger partial charge in [0.05, 0.1) is 5.69 Å². The second-order valence-electron chi connectivity index (χ2n) is 6.20. The number of nitrogens with one attached hydrogen (secondary N) is 2. The summed E-state index contributed by atoms with van der Waals surface area (Å²) in [5.41, 5.74) is 4.38. The molecule has 8 nitrogen and oxygen atoms in total. The first-order chi connectivity index (χ1) is 14.6. The molecule has 0 aliphatic rings. The summed E-state index contributed by atoms with van der Waals surface area (Å²) >= 11 is 0. The van der Waals surface area contributed by atoms with Crippen LogP contribution in [-0.4, -0.2) is 23.3 Å². The summed E-state index contributed by atoms with van der Waals surface area (Å²) in [5, 5.41) is 12.2. The zero-order valence-corrected chi connectivity index (χ0v) is 15.9. The number of carboxylic acids is 1. The Morgan fingerprint density at radius 2 is 1.73 bits per heavy atom. The fourth-order valence-corrected chi connectivity index (χ4v) is 2.68. The highest BCUT2D eigenvalue weighted by Gasteiger charge is 2.21. The number of aliphatic imine (C=N–C) groups is 1. The second kappa shape index (κ2) is 9.85. The maximum atomic E-state index is 12.5. The number of aliphatic carboxylic acids is 1. The highest BCUT2D eigenvalue weighted by molar-refractivity contribution is 6.04. The van der Waals surface area contributed by atoms with Crippen LogP contribution in [0, 0.1) is 0 Å². The molecule has 8 heteroatoms. The number of benzene rings is 3. The zero-order chi connectivity index (χ0) is 21.3. The van der Waals surface area contributed by atoms with Crippen molar-refractivity contribution in [2.45, 2.75) is 6.10 Å². The Morgan fingerprint density at radius 3 is 2.40 bits per heavy atom. The molecule has 30 heavy (non-hydrogen) atoms. The van der Waals surface area contributed by atoms with E-state index in [0.717, 1.165) is 0 Å². The lowest BCUT2D eigenvalue weighted by Crippen LogP contribution is -2.18. The molecule has 0 aromatic heterocycles. The summed E-state index contributed by atoms with van der Waals surface area (Å²) in [7, 11) is 0. The molecule has 0 saturated heterocycles. The van der Waals surface area contributed by atoms with Crippen LogP contribution in [0.15, 0.2) is 83.9 Å². The van der Waals surface area contributed by atoms with Crippen molar-refractivity contribution in [1.29, 1.82) is 0 Å². The molecule has 0 fully saturated rings. The number of ether oxygens (including phenoxy) is 1. The molecular weight excluding hydrogens is 384 g/mol. The Labute approximate surface area is 173 Å². The van der Waals surface area contributed by atoms with Gasteiger partial charge in [0.25, 0.3) is 5.91 Å². The third kappa shape index (κ3) is 5.43. The van der Waals surface area contributed by atoms with Gasteiger partial charge in [0, 0.05) is 16.8 Å². The number of nitrogens with zero attached hydrogens (tertiary/aromatic N) is 1. The largest absolute Gasteiger partial charge is 0.478 e. The molecule has 3 rings (SSSR count). The van der Waals surface area contributed by atoms with Crippen molar-refractivity contribution in [3.63, 3.8) is 0 Å². The van der Waals surface area contributed by atoms with Crippen LogP contribution in [-0.2, 0) is 4.79 Å². The van der Waals surface area contributed by atoms with Crippen LogP contribution >= 0.6 is 0 Å². The number of carbonyl (C=O) groups excluding carboxylic acids is 1. The van der Waals surface area contributed by atoms with Crippen molar-refractivity contribution in [2.24, 2.45) is 10.8 Å². The van der Waals surface area contributed by atoms with Gasteiger partial charge in [0.2, 0.25) is 6.10 Å². The van der Waals surface area contributed by atoms with E-state index in [1.807, 2.05) is 0 Å². The number of hydrogen-bond donors (Lipinski definition) is 4. The van der Waals surface area contributed by atoms with Gasteiger partial charge in [-0.1, -0.05) is 36.4 Å². The van der Waals surface area contributed by atoms with Gasteiger partial charge >= 0.3 is 5.97 Å². The molecule has 0 heterocycles. The van der Waals surface area contributed by atoms with Gasteiger partial charge in [-0.2, -0.15) is 0 Å². The molecule has 0 aliphatic heterocycles. The molecule has 0 aliphatic carbocycles. The average molecular weight is 404 g/mol. The van der Waals surface area contributed by atoms with Gasteiger partial charge in [-0.15, -0.1) is 0 Å². The minimum atomic E-state index is -1.13. The number of nitrogens with two attached hydrogens (primary N) is 1. The van der Waals surface area contributed by atoms with Crippen LogP contribution in [0.1, 0.15) is 22.0 Å². The van der Waals surface area contributed by atoms with Gasteiger partial charge in [0.15, 0.2) is 0 Å². The predicted molar refractivity (Wildman–Crippen MR) is 114 cm³/mol. The lowest BCUT2D eigenvalue weighted by molar-refractivity contribution is -0.145. The van der Waals surface area contributed by atoms with E-state index in [4.69, 9.17) is 10.6 Å². The van der Waals surface area contributed by atoms with Crippen molar-refractivity contribution in [3.8, 4) is 5.75 Å². The molecule has 0 saturated carbocycles. The van der Waals surface area contributed by atoms with Crippen molar-refractivity contribution in [1.82, 2.24) is 5.43 Å². The first kappa shape index (κ1) is 20.6. The minimum absolute atomic E-state index is 0.311. The zero-order valence-electron chi connectivity index (χ0n) is 15.9. The monoisotopic (exact) mass is 404 g/mol. The van der Waals surface area contributed by atoms with E-state index in [2.05, 4.69) is 15.7 Å². The fourth-order valence-electron chi connectivity index (χ4n) is 2.68. The fraction of sp³-hybridized carbons (Fsp3) is 0.0455. The summed E-state index contributed by atoms with van der Waals surface area (Å²) in [5.74, 6) is 4.11. The Hall–Kier alpha value is -4.17. The van der Waals surface area contributed by atoms with Gasteiger partial charge in [-0.3, -0.25) is 4.79 Å². The topological polar surface area (TPSA) is 126 Å². The number of carbonyl (C=O) groups is 2. The van der Waals surface area contributed by atoms with Crippen LogP contribution in [0.25, 0.3) is 0 Å². The molecule has 1 amide bonds. The summed E-state index contributed by atoms with van der Waals surface area (Å²) in [4.78, 5) is 28.1. The SMILES string of the molecule is NNC=Nc1cccc(C(=O)Nc2ccc(OC(C(=O)O)c3ccccc3)cc2)c1. The van der Waals surface area contributed by atoms with Crippen LogP contribution in [0.4, 0.5) is 11.4 Å². The predicted octanol–water partition coefficient (Wildman–Crippen LogP) is 3.27. The number of hydrazine groups is 1. The molecular formula is C22H20N4O4. The number of rotatable bonds is 8. The van der Waals surface area contributed by atoms with Crippen LogP contribution in [0.2, 0.25) is 0 Å². The summed E-state index contributed by atoms with van der Waals surface area (Å²) in [6.45, 7) is 0. The molecule has 0 radical (unpaired) electrons. The molecule has 1 unspecified atom stereocenters. The smallest absolute Gasteiger partial charge is 0.349 e. The Balaban J connectivity index is 1.68. The normalized spacial score (nSPS) is 11.6. The van der Waals surface area contributed by atoms with E-state index < -0.39 is 12.1 Å². The lowest BCUT2D eigenvalue weighted by atomic mass is 10.1. The summed E-state index contributed by atoms with van der Waals surface area (Å²) in [6, 6.07) is 21.9. The molecule has 3 aromatic rings. The maximum absolute atomic E-state index is 12.5. The van der Waals surface area contributed by atoms with E-state index in [9.17, 15) is 14.7 Å². The number of hydrogen-bond acceptors (Lipinski definition) is 5. The number of carboxylic acid groups (broad SMARTS) is 1. The molecule has 0 bridgehead atoms. The number of amides is 1. The lowest BCUT2D eigenvalue weighted by Gasteiger charge is -2.16. The Kier molecular flexibility index (Phi) is 6.75. The third-order valence-electron chi connectivity index (χ3n) is 4.09. The van der Waals surface area contributed by atoms with Crippen molar-refractivity contribution < 1.29 is 19.4 Å².